The van der Waals surface area contributed by atoms with Gasteiger partial charge in [-0.2, -0.15) is 0 Å². The predicted molar refractivity (Wildman–Crippen MR) is 113 cm³/mol. The van der Waals surface area contributed by atoms with Crippen LogP contribution in [-0.2, 0) is 14.8 Å². The van der Waals surface area contributed by atoms with Crippen molar-refractivity contribution in [3.05, 3.63) is 18.6 Å². The largest absolute Gasteiger partial charge is 0.381 e. The standard InChI is InChI=1S/C20H31N5O3S/c1-14(28-3)16-5-8-25(9-6-16)29(26,27)12-15-10-17(11-15)24(2)20-18-4-7-21-19(18)22-13-23-20/h4,7,13-17H,5-6,8-12H2,1-3H3,(H,21,22,23)/t14-,15-,17+/m0/s1. The molecule has 29 heavy (non-hydrogen) atoms. The molecule has 0 radical (unpaired) electrons. The van der Waals surface area contributed by atoms with E-state index in [1.165, 1.54) is 0 Å². The van der Waals surface area contributed by atoms with Crippen molar-refractivity contribution in [2.75, 3.05) is 37.9 Å². The summed E-state index contributed by atoms with van der Waals surface area (Å²) in [6.45, 7) is 3.30. The zero-order valence-electron chi connectivity index (χ0n) is 17.4. The summed E-state index contributed by atoms with van der Waals surface area (Å²) in [5.74, 6) is 1.82. The fourth-order valence-electron chi connectivity index (χ4n) is 4.68. The van der Waals surface area contributed by atoms with Crippen molar-refractivity contribution in [2.45, 2.75) is 44.8 Å². The highest BCUT2D eigenvalue weighted by Crippen LogP contribution is 2.36. The molecule has 4 rings (SSSR count). The van der Waals surface area contributed by atoms with Crippen LogP contribution in [0.5, 0.6) is 0 Å². The molecule has 3 heterocycles. The molecule has 2 aromatic rings. The Morgan fingerprint density at radius 3 is 2.72 bits per heavy atom. The van der Waals surface area contributed by atoms with Gasteiger partial charge in [0.1, 0.15) is 17.8 Å². The van der Waals surface area contributed by atoms with Gasteiger partial charge in [0.2, 0.25) is 10.0 Å². The third-order valence-corrected chi connectivity index (χ3v) is 8.84. The molecule has 0 spiro atoms. The van der Waals surface area contributed by atoms with Crippen molar-refractivity contribution in [1.29, 1.82) is 0 Å². The lowest BCUT2D eigenvalue weighted by Gasteiger charge is -2.42. The fourth-order valence-corrected chi connectivity index (χ4v) is 6.53. The van der Waals surface area contributed by atoms with Crippen LogP contribution >= 0.6 is 0 Å². The summed E-state index contributed by atoms with van der Waals surface area (Å²) in [6, 6.07) is 2.30. The average molecular weight is 422 g/mol. The fraction of sp³-hybridized carbons (Fsp3) is 0.700. The molecule has 160 valence electrons. The zero-order chi connectivity index (χ0) is 20.6. The van der Waals surface area contributed by atoms with Crippen LogP contribution in [0, 0.1) is 11.8 Å². The average Bonchev–Trinajstić information content (AvgIpc) is 3.18. The van der Waals surface area contributed by atoms with E-state index in [1.807, 2.05) is 19.3 Å². The monoisotopic (exact) mass is 421 g/mol. The Hall–Kier alpha value is -1.71. The van der Waals surface area contributed by atoms with Crippen LogP contribution in [-0.4, -0.2) is 72.8 Å². The Kier molecular flexibility index (Phi) is 5.81. The highest BCUT2D eigenvalue weighted by atomic mass is 32.2. The van der Waals surface area contributed by atoms with E-state index in [0.29, 0.717) is 25.0 Å². The molecule has 1 aliphatic heterocycles. The lowest BCUT2D eigenvalue weighted by molar-refractivity contribution is 0.0450. The lowest BCUT2D eigenvalue weighted by Crippen LogP contribution is -2.48. The topological polar surface area (TPSA) is 91.4 Å². The Labute approximate surface area is 172 Å². The number of aromatic amines is 1. The van der Waals surface area contributed by atoms with Gasteiger partial charge in [-0.05, 0) is 50.5 Å². The minimum Gasteiger partial charge on any atom is -0.381 e. The van der Waals surface area contributed by atoms with Crippen molar-refractivity contribution >= 4 is 26.9 Å². The summed E-state index contributed by atoms with van der Waals surface area (Å²) in [6.07, 6.45) is 7.14. The number of methoxy groups -OCH3 is 1. The Bertz CT molecular complexity index is 932. The number of ether oxygens (including phenoxy) is 1. The van der Waals surface area contributed by atoms with Gasteiger partial charge >= 0.3 is 0 Å². The quantitative estimate of drug-likeness (QED) is 0.737. The lowest BCUT2D eigenvalue weighted by atomic mass is 9.81. The first-order valence-electron chi connectivity index (χ1n) is 10.4. The molecule has 2 aliphatic rings. The number of H-pyrrole nitrogens is 1. The molecular formula is C20H31N5O3S. The summed E-state index contributed by atoms with van der Waals surface area (Å²) in [5.41, 5.74) is 0.825. The molecule has 8 nitrogen and oxygen atoms in total. The van der Waals surface area contributed by atoms with Gasteiger partial charge in [-0.3, -0.25) is 0 Å². The van der Waals surface area contributed by atoms with Gasteiger partial charge in [-0.15, -0.1) is 0 Å². The highest BCUT2D eigenvalue weighted by Gasteiger charge is 2.38. The van der Waals surface area contributed by atoms with Crippen molar-refractivity contribution in [1.82, 2.24) is 19.3 Å². The second-order valence-corrected chi connectivity index (χ2v) is 10.5. The summed E-state index contributed by atoms with van der Waals surface area (Å²) in [5, 5.41) is 0.999. The van der Waals surface area contributed by atoms with E-state index >= 15 is 0 Å². The van der Waals surface area contributed by atoms with Gasteiger partial charge in [0, 0.05) is 39.5 Å². The number of piperidine rings is 1. The van der Waals surface area contributed by atoms with Gasteiger partial charge in [-0.25, -0.2) is 22.7 Å². The van der Waals surface area contributed by atoms with Crippen LogP contribution in [0.4, 0.5) is 5.82 Å². The summed E-state index contributed by atoms with van der Waals surface area (Å²) < 4.78 is 32.9. The molecule has 1 atom stereocenters. The van der Waals surface area contributed by atoms with Gasteiger partial charge in [0.15, 0.2) is 0 Å². The smallest absolute Gasteiger partial charge is 0.214 e. The molecule has 1 saturated carbocycles. The maximum absolute atomic E-state index is 12.9. The molecule has 0 unspecified atom stereocenters. The minimum absolute atomic E-state index is 0.191. The maximum atomic E-state index is 12.9. The van der Waals surface area contributed by atoms with Gasteiger partial charge in [-0.1, -0.05) is 0 Å². The molecular weight excluding hydrogens is 390 g/mol. The SMILES string of the molecule is CO[C@@H](C)C1CCN(S(=O)(=O)C[C@H]2C[C@@H](N(C)c3ncnc4[nH]ccc34)C2)CC1. The molecule has 1 saturated heterocycles. The van der Waals surface area contributed by atoms with E-state index in [4.69, 9.17) is 4.74 Å². The van der Waals surface area contributed by atoms with Crippen molar-refractivity contribution in [3.63, 3.8) is 0 Å². The van der Waals surface area contributed by atoms with E-state index in [9.17, 15) is 8.42 Å². The van der Waals surface area contributed by atoms with Crippen LogP contribution in [0.25, 0.3) is 11.0 Å². The van der Waals surface area contributed by atoms with Gasteiger partial charge < -0.3 is 14.6 Å². The number of aromatic nitrogens is 3. The summed E-state index contributed by atoms with van der Waals surface area (Å²) in [7, 11) is 0.561. The summed E-state index contributed by atoms with van der Waals surface area (Å²) in [4.78, 5) is 14.0. The zero-order valence-corrected chi connectivity index (χ0v) is 18.2. The number of fused-ring (bicyclic) bond motifs is 1. The Morgan fingerprint density at radius 2 is 2.03 bits per heavy atom. The molecule has 0 bridgehead atoms. The van der Waals surface area contributed by atoms with E-state index in [2.05, 4.69) is 26.8 Å². The number of nitrogens with zero attached hydrogens (tertiary/aromatic N) is 4. The molecule has 2 aromatic heterocycles. The van der Waals surface area contributed by atoms with Crippen LogP contribution in [0.3, 0.4) is 0 Å². The number of rotatable bonds is 7. The van der Waals surface area contributed by atoms with Crippen molar-refractivity contribution in [3.8, 4) is 0 Å². The van der Waals surface area contributed by atoms with Crippen LogP contribution < -0.4 is 4.90 Å². The number of hydrogen-bond donors (Lipinski definition) is 1. The van der Waals surface area contributed by atoms with Crippen molar-refractivity contribution < 1.29 is 13.2 Å². The van der Waals surface area contributed by atoms with Crippen LogP contribution in [0.2, 0.25) is 0 Å². The molecule has 0 aromatic carbocycles. The second kappa shape index (κ2) is 8.20. The van der Waals surface area contributed by atoms with Gasteiger partial charge in [0.25, 0.3) is 0 Å². The van der Waals surface area contributed by atoms with Crippen LogP contribution in [0.1, 0.15) is 32.6 Å². The Morgan fingerprint density at radius 1 is 1.31 bits per heavy atom. The van der Waals surface area contributed by atoms with E-state index in [1.54, 1.807) is 17.7 Å². The molecule has 0 amide bonds. The first kappa shape index (κ1) is 20.6. The maximum Gasteiger partial charge on any atom is 0.214 e. The van der Waals surface area contributed by atoms with E-state index in [0.717, 1.165) is 42.5 Å². The molecule has 9 heteroatoms. The summed E-state index contributed by atoms with van der Waals surface area (Å²) >= 11 is 0. The molecule has 1 aliphatic carbocycles. The second-order valence-electron chi connectivity index (χ2n) is 8.50. The highest BCUT2D eigenvalue weighted by molar-refractivity contribution is 7.89. The first-order chi connectivity index (χ1) is 13.9. The molecule has 2 fully saturated rings. The first-order valence-corrected chi connectivity index (χ1v) is 12.0. The van der Waals surface area contributed by atoms with E-state index in [-0.39, 0.29) is 17.8 Å². The predicted octanol–water partition coefficient (Wildman–Crippen LogP) is 2.25. The third-order valence-electron chi connectivity index (χ3n) is 6.80. The number of sulfonamides is 1. The number of nitrogens with one attached hydrogen (secondary N) is 1. The van der Waals surface area contributed by atoms with Crippen molar-refractivity contribution in [2.24, 2.45) is 11.8 Å². The van der Waals surface area contributed by atoms with Crippen LogP contribution in [0.15, 0.2) is 18.6 Å². The van der Waals surface area contributed by atoms with E-state index < -0.39 is 10.0 Å². The normalized spacial score (nSPS) is 25.1. The molecule has 1 N–H and O–H groups in total. The number of anilines is 1. The third kappa shape index (κ3) is 4.13. The van der Waals surface area contributed by atoms with Gasteiger partial charge in [0.05, 0.1) is 17.2 Å². The Balaban J connectivity index is 1.31. The number of hydrogen-bond acceptors (Lipinski definition) is 6. The minimum atomic E-state index is -3.20.